The molecule has 0 spiro atoms. The second kappa shape index (κ2) is 7.07. The zero-order valence-corrected chi connectivity index (χ0v) is 13.8. The largest absolute Gasteiger partial charge is 0.480 e. The van der Waals surface area contributed by atoms with Gasteiger partial charge in [-0.1, -0.05) is 0 Å². The van der Waals surface area contributed by atoms with Crippen LogP contribution in [0.15, 0.2) is 0 Å². The van der Waals surface area contributed by atoms with Crippen molar-refractivity contribution in [3.63, 3.8) is 0 Å². The molecule has 2 rings (SSSR count). The van der Waals surface area contributed by atoms with Crippen LogP contribution in [-0.4, -0.2) is 72.2 Å². The summed E-state index contributed by atoms with van der Waals surface area (Å²) in [7, 11) is 4.36. The molecular formula is C16H31N3O2. The van der Waals surface area contributed by atoms with Gasteiger partial charge in [-0.25, -0.2) is 0 Å². The lowest BCUT2D eigenvalue weighted by atomic mass is 9.95. The molecule has 1 aliphatic carbocycles. The Morgan fingerprint density at radius 3 is 2.48 bits per heavy atom. The first-order valence-electron chi connectivity index (χ1n) is 8.30. The first-order valence-corrected chi connectivity index (χ1v) is 8.30. The number of aliphatic carboxylic acids is 1. The van der Waals surface area contributed by atoms with Crippen LogP contribution < -0.4 is 5.32 Å². The highest BCUT2D eigenvalue weighted by molar-refractivity contribution is 5.78. The summed E-state index contributed by atoms with van der Waals surface area (Å²) < 4.78 is 0. The molecule has 1 saturated carbocycles. The molecule has 2 N–H and O–H groups in total. The Hall–Kier alpha value is -0.650. The molecule has 122 valence electrons. The van der Waals surface area contributed by atoms with E-state index in [2.05, 4.69) is 29.2 Å². The molecule has 5 heteroatoms. The monoisotopic (exact) mass is 297 g/mol. The number of piperidine rings is 1. The van der Waals surface area contributed by atoms with Gasteiger partial charge in [-0.15, -0.1) is 0 Å². The van der Waals surface area contributed by atoms with E-state index in [0.29, 0.717) is 18.5 Å². The van der Waals surface area contributed by atoms with Gasteiger partial charge in [0.05, 0.1) is 0 Å². The maximum Gasteiger partial charge on any atom is 0.323 e. The van der Waals surface area contributed by atoms with Crippen molar-refractivity contribution in [2.75, 3.05) is 33.7 Å². The van der Waals surface area contributed by atoms with Crippen molar-refractivity contribution < 1.29 is 9.90 Å². The SMILES string of the molecule is CN1CCC(N(C)CCCC(C)(NC2CC2)C(=O)O)CC1. The van der Waals surface area contributed by atoms with E-state index in [-0.39, 0.29) is 0 Å². The van der Waals surface area contributed by atoms with Crippen molar-refractivity contribution in [3.8, 4) is 0 Å². The molecule has 0 aromatic carbocycles. The van der Waals surface area contributed by atoms with Crippen LogP contribution in [-0.2, 0) is 4.79 Å². The van der Waals surface area contributed by atoms with E-state index in [0.717, 1.165) is 25.8 Å². The Balaban J connectivity index is 1.72. The van der Waals surface area contributed by atoms with Crippen molar-refractivity contribution >= 4 is 5.97 Å². The third-order valence-corrected chi connectivity index (χ3v) is 5.07. The number of nitrogens with zero attached hydrogens (tertiary/aromatic N) is 2. The van der Waals surface area contributed by atoms with Gasteiger partial charge in [-0.2, -0.15) is 0 Å². The molecular weight excluding hydrogens is 266 g/mol. The average Bonchev–Trinajstić information content (AvgIpc) is 3.23. The molecule has 0 radical (unpaired) electrons. The maximum absolute atomic E-state index is 11.5. The Bertz CT molecular complexity index is 351. The molecule has 1 unspecified atom stereocenters. The van der Waals surface area contributed by atoms with Gasteiger partial charge in [0.1, 0.15) is 5.54 Å². The van der Waals surface area contributed by atoms with E-state index in [1.807, 2.05) is 6.92 Å². The predicted octanol–water partition coefficient (Wildman–Crippen LogP) is 1.39. The number of carboxylic acids is 1. The summed E-state index contributed by atoms with van der Waals surface area (Å²) in [6.45, 7) is 5.17. The summed E-state index contributed by atoms with van der Waals surface area (Å²) in [4.78, 5) is 16.3. The molecule has 0 aromatic heterocycles. The first kappa shape index (κ1) is 16.7. The van der Waals surface area contributed by atoms with Crippen LogP contribution in [0.1, 0.15) is 45.4 Å². The van der Waals surface area contributed by atoms with Crippen LogP contribution in [0.25, 0.3) is 0 Å². The van der Waals surface area contributed by atoms with Gasteiger partial charge in [-0.3, -0.25) is 10.1 Å². The maximum atomic E-state index is 11.5. The van der Waals surface area contributed by atoms with E-state index in [1.165, 1.54) is 25.9 Å². The lowest BCUT2D eigenvalue weighted by Gasteiger charge is -2.35. The number of carbonyl (C=O) groups is 1. The zero-order chi connectivity index (χ0) is 15.5. The number of carboxylic acid groups (broad SMARTS) is 1. The molecule has 1 heterocycles. The van der Waals surface area contributed by atoms with E-state index in [1.54, 1.807) is 0 Å². The van der Waals surface area contributed by atoms with Crippen molar-refractivity contribution in [2.24, 2.45) is 0 Å². The standard InChI is InChI=1S/C16H31N3O2/c1-16(15(20)21,17-13-5-6-13)9-4-10-19(3)14-7-11-18(2)12-8-14/h13-14,17H,4-12H2,1-3H3,(H,20,21). The van der Waals surface area contributed by atoms with Gasteiger partial charge >= 0.3 is 5.97 Å². The minimum Gasteiger partial charge on any atom is -0.480 e. The van der Waals surface area contributed by atoms with Crippen LogP contribution in [0.3, 0.4) is 0 Å². The minimum absolute atomic E-state index is 0.428. The van der Waals surface area contributed by atoms with Crippen molar-refractivity contribution in [3.05, 3.63) is 0 Å². The van der Waals surface area contributed by atoms with Gasteiger partial charge in [-0.05, 0) is 79.2 Å². The summed E-state index contributed by atoms with van der Waals surface area (Å²) in [6, 6.07) is 1.09. The van der Waals surface area contributed by atoms with E-state index < -0.39 is 11.5 Å². The quantitative estimate of drug-likeness (QED) is 0.709. The summed E-state index contributed by atoms with van der Waals surface area (Å²) in [5.74, 6) is -0.712. The average molecular weight is 297 g/mol. The molecule has 2 fully saturated rings. The highest BCUT2D eigenvalue weighted by Gasteiger charge is 2.38. The van der Waals surface area contributed by atoms with E-state index >= 15 is 0 Å². The Morgan fingerprint density at radius 2 is 1.95 bits per heavy atom. The third-order valence-electron chi connectivity index (χ3n) is 5.07. The van der Waals surface area contributed by atoms with E-state index in [9.17, 15) is 9.90 Å². The van der Waals surface area contributed by atoms with Crippen LogP contribution in [0.5, 0.6) is 0 Å². The molecule has 0 aromatic rings. The molecule has 2 aliphatic rings. The highest BCUT2D eigenvalue weighted by Crippen LogP contribution is 2.25. The number of likely N-dealkylation sites (tertiary alicyclic amines) is 1. The second-order valence-corrected chi connectivity index (χ2v) is 7.17. The fraction of sp³-hybridized carbons (Fsp3) is 0.938. The van der Waals surface area contributed by atoms with Gasteiger partial charge in [0.15, 0.2) is 0 Å². The molecule has 1 atom stereocenters. The van der Waals surface area contributed by atoms with Gasteiger partial charge in [0.2, 0.25) is 0 Å². The zero-order valence-electron chi connectivity index (χ0n) is 13.8. The summed E-state index contributed by atoms with van der Waals surface area (Å²) >= 11 is 0. The van der Waals surface area contributed by atoms with Crippen LogP contribution in [0, 0.1) is 0 Å². The summed E-state index contributed by atoms with van der Waals surface area (Å²) in [6.07, 6.45) is 6.34. The lowest BCUT2D eigenvalue weighted by Crippen LogP contribution is -2.51. The molecule has 5 nitrogen and oxygen atoms in total. The van der Waals surface area contributed by atoms with Crippen molar-refractivity contribution in [1.29, 1.82) is 0 Å². The number of hydrogen-bond donors (Lipinski definition) is 2. The van der Waals surface area contributed by atoms with Gasteiger partial charge in [0.25, 0.3) is 0 Å². The predicted molar refractivity (Wildman–Crippen MR) is 84.6 cm³/mol. The third kappa shape index (κ3) is 4.94. The molecule has 0 amide bonds. The van der Waals surface area contributed by atoms with Crippen LogP contribution in [0.2, 0.25) is 0 Å². The fourth-order valence-electron chi connectivity index (χ4n) is 3.22. The molecule has 0 bridgehead atoms. The van der Waals surface area contributed by atoms with Gasteiger partial charge < -0.3 is 14.9 Å². The minimum atomic E-state index is -0.755. The van der Waals surface area contributed by atoms with Gasteiger partial charge in [0, 0.05) is 12.1 Å². The topological polar surface area (TPSA) is 55.8 Å². The van der Waals surface area contributed by atoms with Crippen LogP contribution >= 0.6 is 0 Å². The number of rotatable bonds is 8. The summed E-state index contributed by atoms with van der Waals surface area (Å²) in [5, 5.41) is 12.8. The lowest BCUT2D eigenvalue weighted by molar-refractivity contribution is -0.144. The Kier molecular flexibility index (Phi) is 5.63. The number of hydrogen-bond acceptors (Lipinski definition) is 4. The Labute approximate surface area is 128 Å². The van der Waals surface area contributed by atoms with Crippen molar-refractivity contribution in [2.45, 2.75) is 63.1 Å². The normalized spacial score (nSPS) is 24.2. The highest BCUT2D eigenvalue weighted by atomic mass is 16.4. The van der Waals surface area contributed by atoms with Crippen LogP contribution in [0.4, 0.5) is 0 Å². The number of nitrogens with one attached hydrogen (secondary N) is 1. The summed E-state index contributed by atoms with van der Waals surface area (Å²) in [5.41, 5.74) is -0.755. The molecule has 1 saturated heterocycles. The second-order valence-electron chi connectivity index (χ2n) is 7.17. The first-order chi connectivity index (χ1) is 9.90. The van der Waals surface area contributed by atoms with Crippen molar-refractivity contribution in [1.82, 2.24) is 15.1 Å². The molecule has 1 aliphatic heterocycles. The van der Waals surface area contributed by atoms with E-state index in [4.69, 9.17) is 0 Å². The fourth-order valence-corrected chi connectivity index (χ4v) is 3.22. The Morgan fingerprint density at radius 1 is 1.33 bits per heavy atom. The molecule has 21 heavy (non-hydrogen) atoms. The smallest absolute Gasteiger partial charge is 0.323 e.